The smallest absolute Gasteiger partial charge is 0.354 e. The number of benzene rings is 5. The zero-order valence-corrected chi connectivity index (χ0v) is 37.2. The summed E-state index contributed by atoms with van der Waals surface area (Å²) in [5.41, 5.74) is 15.5. The molecule has 0 amide bonds. The Kier molecular flexibility index (Phi) is 10.7. The number of aromatic amines is 2. The van der Waals surface area contributed by atoms with Gasteiger partial charge in [-0.1, -0.05) is 127 Å². The van der Waals surface area contributed by atoms with Crippen LogP contribution in [-0.4, -0.2) is 43.1 Å². The molecule has 0 radical (unpaired) electrons. The lowest BCUT2D eigenvalue weighted by atomic mass is 9.96. The second kappa shape index (κ2) is 17.4. The van der Waals surface area contributed by atoms with Crippen LogP contribution in [0.15, 0.2) is 163 Å². The van der Waals surface area contributed by atoms with Crippen molar-refractivity contribution in [2.24, 2.45) is 5.10 Å². The van der Waals surface area contributed by atoms with E-state index in [1.807, 2.05) is 72.8 Å². The van der Waals surface area contributed by atoms with E-state index in [0.717, 1.165) is 89.2 Å². The molecule has 8 aromatic rings. The van der Waals surface area contributed by atoms with Crippen LogP contribution in [0.4, 0.5) is 11.4 Å². The number of H-pyrrole nitrogens is 2. The fraction of sp³-hybridized carbons (Fsp3) is 0.0877. The summed E-state index contributed by atoms with van der Waals surface area (Å²) >= 11 is 0. The Labute approximate surface area is 391 Å². The van der Waals surface area contributed by atoms with Gasteiger partial charge in [0.15, 0.2) is 0 Å². The highest BCUT2D eigenvalue weighted by Crippen LogP contribution is 2.45. The number of aromatic nitrogens is 4. The number of hydrogen-bond acceptors (Lipinski definition) is 8. The summed E-state index contributed by atoms with van der Waals surface area (Å²) in [6.07, 6.45) is 8.41. The highest BCUT2D eigenvalue weighted by Gasteiger charge is 2.37. The van der Waals surface area contributed by atoms with Gasteiger partial charge in [0, 0.05) is 56.9 Å². The number of carbonyl (C=O) groups excluding carboxylic acids is 1. The van der Waals surface area contributed by atoms with Crippen LogP contribution >= 0.6 is 0 Å². The molecular formula is C57H43N7O4. The van der Waals surface area contributed by atoms with Crippen LogP contribution < -0.4 is 5.01 Å². The molecular weight excluding hydrogens is 847 g/mol. The first-order valence-corrected chi connectivity index (χ1v) is 22.5. The minimum Gasteiger partial charge on any atom is -0.461 e. The number of fused-ring (bicyclic) bond motifs is 8. The third kappa shape index (κ3) is 7.45. The van der Waals surface area contributed by atoms with E-state index in [0.29, 0.717) is 16.9 Å². The molecule has 5 aromatic carbocycles. The number of nitrogens with one attached hydrogen (secondary N) is 2. The number of hydrogen-bond donors (Lipinski definition) is 2. The SMILES string of the molecule is CCOC(=O)C1=NN(c2cccc([N+](=O)[O-])c2C)C(c2cc3[nH]c2c(-c2ccccc2)c2nc(c(-c4ccccc4)c4ccc([nH]4)c(-c4ccccc4)c4nc(c3-c3ccccc3)C=C4)C=C2)C1. The molecule has 11 nitrogen and oxygen atoms in total. The van der Waals surface area contributed by atoms with Crippen LogP contribution in [0, 0.1) is 17.0 Å². The third-order valence-electron chi connectivity index (χ3n) is 12.6. The number of nitro benzene ring substituents is 1. The molecule has 6 heterocycles. The van der Waals surface area contributed by atoms with Gasteiger partial charge in [-0.3, -0.25) is 15.1 Å². The Balaban J connectivity index is 1.32. The third-order valence-corrected chi connectivity index (χ3v) is 12.6. The fourth-order valence-corrected chi connectivity index (χ4v) is 9.58. The van der Waals surface area contributed by atoms with Gasteiger partial charge in [-0.2, -0.15) is 5.10 Å². The molecule has 1 atom stereocenters. The van der Waals surface area contributed by atoms with Gasteiger partial charge in [-0.05, 0) is 84.7 Å². The predicted molar refractivity (Wildman–Crippen MR) is 272 cm³/mol. The van der Waals surface area contributed by atoms with Crippen LogP contribution in [-0.2, 0) is 9.53 Å². The highest BCUT2D eigenvalue weighted by atomic mass is 16.6. The van der Waals surface area contributed by atoms with Crippen LogP contribution in [0.1, 0.15) is 53.3 Å². The predicted octanol–water partition coefficient (Wildman–Crippen LogP) is 13.4. The van der Waals surface area contributed by atoms with E-state index in [9.17, 15) is 14.9 Å². The summed E-state index contributed by atoms with van der Waals surface area (Å²) < 4.78 is 5.56. The maximum Gasteiger partial charge on any atom is 0.354 e. The van der Waals surface area contributed by atoms with E-state index in [2.05, 4.69) is 101 Å². The van der Waals surface area contributed by atoms with E-state index >= 15 is 0 Å². The van der Waals surface area contributed by atoms with Crippen molar-refractivity contribution in [2.75, 3.05) is 11.6 Å². The Morgan fingerprint density at radius 1 is 0.632 bits per heavy atom. The maximum atomic E-state index is 13.7. The number of nitro groups is 1. The van der Waals surface area contributed by atoms with Crippen molar-refractivity contribution >= 4 is 69.4 Å². The first-order valence-electron chi connectivity index (χ1n) is 22.5. The number of anilines is 1. The van der Waals surface area contributed by atoms with Crippen molar-refractivity contribution in [1.82, 2.24) is 19.9 Å². The van der Waals surface area contributed by atoms with Gasteiger partial charge in [0.05, 0.1) is 57.1 Å². The minimum absolute atomic E-state index is 0.0533. The van der Waals surface area contributed by atoms with Gasteiger partial charge in [0.25, 0.3) is 5.69 Å². The summed E-state index contributed by atoms with van der Waals surface area (Å²) in [4.78, 5) is 44.4. The van der Waals surface area contributed by atoms with Gasteiger partial charge in [0.2, 0.25) is 0 Å². The molecule has 0 fully saturated rings. The Bertz CT molecular complexity index is 3560. The molecule has 1 unspecified atom stereocenters. The van der Waals surface area contributed by atoms with E-state index in [1.165, 1.54) is 6.07 Å². The number of rotatable bonds is 9. The van der Waals surface area contributed by atoms with Crippen molar-refractivity contribution in [2.45, 2.75) is 26.3 Å². The Hall–Kier alpha value is -8.96. The summed E-state index contributed by atoms with van der Waals surface area (Å²) in [7, 11) is 0. The van der Waals surface area contributed by atoms with Crippen molar-refractivity contribution in [3.8, 4) is 44.5 Å². The van der Waals surface area contributed by atoms with E-state index in [4.69, 9.17) is 19.8 Å². The fourth-order valence-electron chi connectivity index (χ4n) is 9.58. The minimum atomic E-state index is -0.632. The number of hydrazone groups is 1. The molecule has 2 N–H and O–H groups in total. The summed E-state index contributed by atoms with van der Waals surface area (Å²) in [6, 6.07) is 51.5. The number of esters is 1. The molecule has 0 saturated heterocycles. The average Bonchev–Trinajstić information content (AvgIpc) is 4.24. The molecule has 3 aliphatic heterocycles. The maximum absolute atomic E-state index is 13.7. The van der Waals surface area contributed by atoms with Gasteiger partial charge < -0.3 is 14.7 Å². The van der Waals surface area contributed by atoms with Crippen molar-refractivity contribution in [1.29, 1.82) is 0 Å². The molecule has 0 saturated carbocycles. The number of carbonyl (C=O) groups is 1. The second-order valence-corrected chi connectivity index (χ2v) is 16.7. The molecule has 11 rings (SSSR count). The van der Waals surface area contributed by atoms with Gasteiger partial charge in [-0.25, -0.2) is 14.8 Å². The van der Waals surface area contributed by atoms with E-state index in [-0.39, 0.29) is 24.4 Å². The zero-order valence-electron chi connectivity index (χ0n) is 37.2. The lowest BCUT2D eigenvalue weighted by Gasteiger charge is -2.25. The number of ether oxygens (including phenoxy) is 1. The molecule has 3 aromatic heterocycles. The van der Waals surface area contributed by atoms with Crippen LogP contribution in [0.5, 0.6) is 0 Å². The molecule has 0 aliphatic carbocycles. The van der Waals surface area contributed by atoms with Crippen molar-refractivity contribution < 1.29 is 14.5 Å². The molecule has 3 aliphatic rings. The first kappa shape index (κ1) is 41.7. The normalized spacial score (nSPS) is 14.0. The average molecular weight is 890 g/mol. The van der Waals surface area contributed by atoms with Gasteiger partial charge >= 0.3 is 5.97 Å². The lowest BCUT2D eigenvalue weighted by molar-refractivity contribution is -0.385. The van der Waals surface area contributed by atoms with Gasteiger partial charge in [-0.15, -0.1) is 0 Å². The lowest BCUT2D eigenvalue weighted by Crippen LogP contribution is -2.20. The summed E-state index contributed by atoms with van der Waals surface area (Å²) in [6.45, 7) is 3.63. The second-order valence-electron chi connectivity index (χ2n) is 16.7. The summed E-state index contributed by atoms with van der Waals surface area (Å²) in [5, 5.41) is 19.1. The molecule has 8 bridgehead atoms. The van der Waals surface area contributed by atoms with Crippen molar-refractivity contribution in [3.05, 3.63) is 202 Å². The van der Waals surface area contributed by atoms with Crippen LogP contribution in [0.25, 0.3) is 90.9 Å². The largest absolute Gasteiger partial charge is 0.461 e. The monoisotopic (exact) mass is 889 g/mol. The molecule has 68 heavy (non-hydrogen) atoms. The standard InChI is InChI=1S/C57H43N7O4/c1-3-68-57(65)48-34-51(63(62-48)49-25-16-26-50(35(49)2)64(66)67)40-33-47-54(38-21-12-6-13-22-38)45-30-29-43(59-45)52(36-17-8-4-9-18-36)41-27-28-42(58-41)53(37-19-10-5-11-20-37)44-31-32-46(60-44)55(56(40)61-47)39-23-14-7-15-24-39/h4-33,51,58,61H,3,34H2,1-2H3. The topological polar surface area (TPSA) is 142 Å². The molecule has 11 heteroatoms. The quantitative estimate of drug-likeness (QED) is 0.0834. The Morgan fingerprint density at radius 2 is 1.10 bits per heavy atom. The molecule has 0 spiro atoms. The molecule has 330 valence electrons. The van der Waals surface area contributed by atoms with Crippen LogP contribution in [0.2, 0.25) is 0 Å². The van der Waals surface area contributed by atoms with Crippen LogP contribution in [0.3, 0.4) is 0 Å². The first-order chi connectivity index (χ1) is 33.3. The van der Waals surface area contributed by atoms with Gasteiger partial charge in [0.1, 0.15) is 5.71 Å². The zero-order chi connectivity index (χ0) is 46.3. The van der Waals surface area contributed by atoms with E-state index < -0.39 is 16.9 Å². The van der Waals surface area contributed by atoms with E-state index in [1.54, 1.807) is 31.0 Å². The highest BCUT2D eigenvalue weighted by molar-refractivity contribution is 6.37. The Morgan fingerprint density at radius 3 is 1.59 bits per heavy atom. The summed E-state index contributed by atoms with van der Waals surface area (Å²) in [5.74, 6) is -0.549. The van der Waals surface area contributed by atoms with Crippen molar-refractivity contribution in [3.63, 3.8) is 0 Å². The number of nitrogens with zero attached hydrogens (tertiary/aromatic N) is 5.